The number of hydrogen-bond donors (Lipinski definition) is 0. The zero-order valence-electron chi connectivity index (χ0n) is 81.6. The molecule has 0 radical (unpaired) electrons. The summed E-state index contributed by atoms with van der Waals surface area (Å²) in [4.78, 5) is 32.6. The van der Waals surface area contributed by atoms with E-state index in [1.807, 2.05) is 42.5 Å². The summed E-state index contributed by atoms with van der Waals surface area (Å²) in [7, 11) is 0. The second-order valence-electron chi connectivity index (χ2n) is 37.7. The van der Waals surface area contributed by atoms with Crippen LogP contribution in [-0.4, -0.2) is 43.6 Å². The second kappa shape index (κ2) is 30.6. The van der Waals surface area contributed by atoms with E-state index in [1.165, 1.54) is 126 Å². The molecule has 6 heterocycles. The van der Waals surface area contributed by atoms with E-state index in [-0.39, 0.29) is 23.3 Å². The molecule has 9 heteroatoms. The van der Waals surface area contributed by atoms with Crippen LogP contribution in [0.5, 0.6) is 0 Å². The van der Waals surface area contributed by atoms with E-state index in [4.69, 9.17) is 36.8 Å². The van der Waals surface area contributed by atoms with Gasteiger partial charge in [-0.25, -0.2) is 29.9 Å². The third-order valence-electron chi connectivity index (χ3n) is 30.2. The molecule has 0 bridgehead atoms. The fourth-order valence-corrected chi connectivity index (χ4v) is 23.9. The summed E-state index contributed by atoms with van der Waals surface area (Å²) >= 11 is 0. The first kappa shape index (κ1) is 74.0. The number of rotatable bonds is 7. The average molecular weight is 1820 g/mol. The number of fused-ring (bicyclic) bond motifs is 20. The van der Waals surface area contributed by atoms with Crippen molar-refractivity contribution in [1.82, 2.24) is 43.6 Å². The lowest BCUT2D eigenvalue weighted by atomic mass is 9.93. The zero-order chi connectivity index (χ0) is 97.7. The van der Waals surface area contributed by atoms with E-state index in [9.17, 15) is 0 Å². The molecule has 3 aliphatic rings. The highest BCUT2D eigenvalue weighted by Crippen LogP contribution is 2.56. The van der Waals surface area contributed by atoms with Gasteiger partial charge in [-0.2, -0.15) is 0 Å². The van der Waals surface area contributed by atoms with Crippen molar-refractivity contribution in [1.29, 1.82) is 0 Å². The molecule has 0 fully saturated rings. The van der Waals surface area contributed by atoms with Crippen molar-refractivity contribution in [3.8, 4) is 129 Å². The number of nitrogens with zero attached hydrogens (tertiary/aromatic N) is 9. The van der Waals surface area contributed by atoms with E-state index in [2.05, 4.69) is 408 Å². The highest BCUT2D eigenvalue weighted by molar-refractivity contribution is 6.34. The molecule has 0 aliphatic heterocycles. The van der Waals surface area contributed by atoms with E-state index < -0.39 is 18.1 Å². The van der Waals surface area contributed by atoms with Gasteiger partial charge in [-0.05, 0) is 215 Å². The smallest absolute Gasteiger partial charge is 0.165 e. The van der Waals surface area contributed by atoms with Crippen molar-refractivity contribution in [3.05, 3.63) is 467 Å². The molecule has 0 amide bonds. The Kier molecular flexibility index (Phi) is 15.9. The Morgan fingerprint density at radius 2 is 0.420 bits per heavy atom. The van der Waals surface area contributed by atoms with Gasteiger partial charge in [0.1, 0.15) is 17.1 Å². The van der Waals surface area contributed by atoms with Crippen LogP contribution >= 0.6 is 0 Å². The fraction of sp³-hybridized carbons (Fsp3) is 0. The molecule has 0 unspecified atom stereocenters. The topological polar surface area (TPSA) is 92.1 Å². The van der Waals surface area contributed by atoms with E-state index in [0.717, 1.165) is 160 Å². The maximum atomic E-state index is 9.00. The quantitative estimate of drug-likeness (QED) is 0.148. The van der Waals surface area contributed by atoms with Gasteiger partial charge in [0.2, 0.25) is 0 Å². The van der Waals surface area contributed by atoms with Crippen LogP contribution in [0.15, 0.2) is 467 Å². The maximum Gasteiger partial charge on any atom is 0.165 e. The first-order valence-electron chi connectivity index (χ1n) is 51.0. The average Bonchev–Trinajstić information content (AvgIpc) is 1.54. The van der Waals surface area contributed by atoms with Crippen molar-refractivity contribution < 1.29 is 6.85 Å². The van der Waals surface area contributed by atoms with Crippen molar-refractivity contribution >= 4 is 185 Å². The largest absolute Gasteiger partial charge is 0.292 e. The molecule has 0 saturated carbocycles. The molecule has 9 nitrogen and oxygen atoms in total. The van der Waals surface area contributed by atoms with Crippen LogP contribution in [0, 0.1) is 0 Å². The van der Waals surface area contributed by atoms with Crippen molar-refractivity contribution in [2.45, 2.75) is 0 Å². The van der Waals surface area contributed by atoms with Gasteiger partial charge >= 0.3 is 0 Å². The molecular weight excluding hydrogens is 1740 g/mol. The highest BCUT2D eigenvalue weighted by atomic mass is 15.1. The lowest BCUT2D eigenvalue weighted by molar-refractivity contribution is 1.08. The number of aromatic nitrogens is 9. The molecule has 24 aromatic carbocycles. The first-order valence-corrected chi connectivity index (χ1v) is 48.5. The molecule has 6 aromatic heterocycles. The standard InChI is InChI=1S/C50H29N3.C44H25N3.C40H23N3/c1-2-11-35-29-36(24-21-30(35)9-1)31-19-22-34(23-20-31)48-50(51-42-27-25-32-10-3-4-13-37(32)49(42)52-48)53-43-18-8-17-41-39-15-6-5-14-38(39)40-16-7-12-33-26-28-44(53)47(45(33)40)46(41)43;1-2-11-29-25-30(20-19-26(29)9-1)42-44(45-36-23-21-27-10-3-4-13-31(27)43(36)46-42)47-37-18-8-17-35-33-15-6-5-14-32(33)34-16-7-12-28-22-24-38(47)41(39(28)34)40(35)37;1-2-11-26(12-3-1)38-40(41-32-22-20-24-10-4-5-14-27(24)39(32)42-38)43-33-19-9-18-31-29-16-7-6-15-28(29)30-17-8-13-25-21-23-34(43)37(35(25)30)36(31)33/h1-29H;1-25H;1-23H/i;;1D,2D,3D,11D,12D. The van der Waals surface area contributed by atoms with Crippen molar-refractivity contribution in [3.63, 3.8) is 0 Å². The molecule has 143 heavy (non-hydrogen) atoms. The summed E-state index contributed by atoms with van der Waals surface area (Å²) in [5, 5.41) is 25.7. The Bertz CT molecular complexity index is 11200. The predicted octanol–water partition coefficient (Wildman–Crippen LogP) is 35.0. The van der Waals surface area contributed by atoms with Gasteiger partial charge in [-0.1, -0.05) is 400 Å². The molecule has 658 valence electrons. The summed E-state index contributed by atoms with van der Waals surface area (Å²) in [5.41, 5.74) is 32.2. The molecule has 0 saturated heterocycles. The van der Waals surface area contributed by atoms with Gasteiger partial charge < -0.3 is 0 Å². The second-order valence-corrected chi connectivity index (χ2v) is 37.7. The zero-order valence-corrected chi connectivity index (χ0v) is 76.6. The van der Waals surface area contributed by atoms with Gasteiger partial charge in [0.05, 0.1) is 73.1 Å². The van der Waals surface area contributed by atoms with Gasteiger partial charge in [0, 0.05) is 65.2 Å². The van der Waals surface area contributed by atoms with E-state index >= 15 is 0 Å². The van der Waals surface area contributed by atoms with Crippen LogP contribution in [0.25, 0.3) is 314 Å². The number of hydrogen-bond acceptors (Lipinski definition) is 6. The van der Waals surface area contributed by atoms with Crippen molar-refractivity contribution in [2.75, 3.05) is 0 Å². The Labute approximate surface area is 825 Å². The monoisotopic (exact) mass is 1820 g/mol. The third-order valence-corrected chi connectivity index (χ3v) is 30.2. The fourth-order valence-electron chi connectivity index (χ4n) is 23.9. The van der Waals surface area contributed by atoms with Crippen LogP contribution in [0.1, 0.15) is 6.85 Å². The van der Waals surface area contributed by atoms with Crippen LogP contribution in [0.2, 0.25) is 0 Å². The minimum atomic E-state index is -0.448. The van der Waals surface area contributed by atoms with E-state index in [0.29, 0.717) is 16.9 Å². The molecule has 0 N–H and O–H groups in total. The van der Waals surface area contributed by atoms with Crippen LogP contribution < -0.4 is 0 Å². The summed E-state index contributed by atoms with van der Waals surface area (Å²) in [5.74, 6) is 2.07. The van der Waals surface area contributed by atoms with Gasteiger partial charge in [-0.15, -0.1) is 0 Å². The summed E-state index contributed by atoms with van der Waals surface area (Å²) in [6.45, 7) is 0. The molecule has 0 spiro atoms. The molecule has 30 aromatic rings. The summed E-state index contributed by atoms with van der Waals surface area (Å²) in [6, 6.07) is 154. The Morgan fingerprint density at radius 1 is 0.161 bits per heavy atom. The predicted molar refractivity (Wildman–Crippen MR) is 597 cm³/mol. The Hall–Kier alpha value is -19.2. The first-order chi connectivity index (χ1) is 73.0. The minimum Gasteiger partial charge on any atom is -0.292 e. The molecule has 0 atom stereocenters. The summed E-state index contributed by atoms with van der Waals surface area (Å²) in [6.07, 6.45) is 0. The highest BCUT2D eigenvalue weighted by Gasteiger charge is 2.33. The normalized spacial score (nSPS) is 12.7. The van der Waals surface area contributed by atoms with Crippen LogP contribution in [0.4, 0.5) is 0 Å². The van der Waals surface area contributed by atoms with Crippen LogP contribution in [-0.2, 0) is 0 Å². The van der Waals surface area contributed by atoms with Gasteiger partial charge in [0.15, 0.2) is 17.5 Å². The third kappa shape index (κ3) is 11.7. The summed E-state index contributed by atoms with van der Waals surface area (Å²) < 4.78 is 50.2. The Balaban J connectivity index is 0.000000101. The Morgan fingerprint density at radius 3 is 0.797 bits per heavy atom. The maximum absolute atomic E-state index is 9.00. The minimum absolute atomic E-state index is 0.0170. The number of benzene rings is 24. The molecular formula is C134H77N9. The molecule has 3 aliphatic carbocycles. The lowest BCUT2D eigenvalue weighted by Gasteiger charge is -2.16. The molecule has 33 rings (SSSR count). The van der Waals surface area contributed by atoms with Crippen LogP contribution in [0.3, 0.4) is 0 Å². The van der Waals surface area contributed by atoms with Gasteiger partial charge in [-0.3, -0.25) is 13.7 Å². The SMILES string of the molecule is [2H]c1c([2H])c([2H])c(-c2nc3c(ccc4ccccc43)nc2-n2c3cccc4c3c3c5c(cccc5ccc32)-c2ccccc2-4)c([2H])c1[2H].c1ccc2c(c1)-c1cccc3ccc4c(c13)c1c-2cccc1n4-c1nc2ccc3ccccc3c2nc1-c1ccc(-c2ccc3ccccc3c2)cc1.c1ccc2c(c1)-c1cccc3ccc4c(c13)c1c-2cccc1n4-c1nc2ccc3ccccc3c2nc1-c1ccc2ccccc2c1. The van der Waals surface area contributed by atoms with Gasteiger partial charge in [0.25, 0.3) is 0 Å². The van der Waals surface area contributed by atoms with Crippen molar-refractivity contribution in [2.24, 2.45) is 0 Å². The lowest BCUT2D eigenvalue weighted by Crippen LogP contribution is -2.04. The van der Waals surface area contributed by atoms with E-state index in [1.54, 1.807) is 0 Å².